The van der Waals surface area contributed by atoms with E-state index in [0.717, 1.165) is 19.6 Å². The molecule has 1 N–H and O–H groups in total. The van der Waals surface area contributed by atoms with Crippen molar-refractivity contribution in [1.82, 2.24) is 10.2 Å². The quantitative estimate of drug-likeness (QED) is 0.923. The van der Waals surface area contributed by atoms with Gasteiger partial charge in [0.1, 0.15) is 0 Å². The first kappa shape index (κ1) is 14.0. The maximum Gasteiger partial charge on any atom is 0.0245 e. The fourth-order valence-corrected chi connectivity index (χ4v) is 2.45. The summed E-state index contributed by atoms with van der Waals surface area (Å²) in [7, 11) is 2.21. The largest absolute Gasteiger partial charge is 0.315 e. The van der Waals surface area contributed by atoms with Crippen LogP contribution in [-0.4, -0.2) is 31.1 Å². The van der Waals surface area contributed by atoms with Crippen molar-refractivity contribution in [2.75, 3.05) is 20.1 Å². The Hall–Kier alpha value is -0.0900. The normalized spacial score (nSPS) is 19.8. The fourth-order valence-electron chi connectivity index (χ4n) is 2.04. The lowest BCUT2D eigenvalue weighted by molar-refractivity contribution is 0.248. The van der Waals surface area contributed by atoms with E-state index in [-0.39, 0.29) is 12.4 Å². The van der Waals surface area contributed by atoms with Gasteiger partial charge in [0, 0.05) is 23.6 Å². The lowest BCUT2D eigenvalue weighted by Gasteiger charge is -2.23. The molecular formula is C12H18BrClN2. The molecule has 1 aromatic carbocycles. The average molecular weight is 306 g/mol. The smallest absolute Gasteiger partial charge is 0.0245 e. The van der Waals surface area contributed by atoms with E-state index in [1.807, 2.05) is 0 Å². The Morgan fingerprint density at radius 2 is 2.19 bits per heavy atom. The monoisotopic (exact) mass is 304 g/mol. The lowest BCUT2D eigenvalue weighted by Crippen LogP contribution is -2.32. The van der Waals surface area contributed by atoms with Gasteiger partial charge in [-0.1, -0.05) is 34.1 Å². The van der Waals surface area contributed by atoms with Crippen LogP contribution in [0.2, 0.25) is 0 Å². The molecule has 2 nitrogen and oxygen atoms in total. The van der Waals surface area contributed by atoms with Crippen molar-refractivity contribution in [3.05, 3.63) is 34.3 Å². The highest BCUT2D eigenvalue weighted by molar-refractivity contribution is 9.10. The van der Waals surface area contributed by atoms with Gasteiger partial charge in [0.25, 0.3) is 0 Å². The summed E-state index contributed by atoms with van der Waals surface area (Å²) in [5, 5.41) is 3.40. The molecule has 1 aromatic rings. The van der Waals surface area contributed by atoms with Crippen molar-refractivity contribution in [1.29, 1.82) is 0 Å². The molecule has 0 aliphatic carbocycles. The van der Waals surface area contributed by atoms with Gasteiger partial charge in [0.05, 0.1) is 0 Å². The molecule has 4 heteroatoms. The van der Waals surface area contributed by atoms with Gasteiger partial charge in [0.15, 0.2) is 0 Å². The summed E-state index contributed by atoms with van der Waals surface area (Å²) in [5.74, 6) is 0. The SMILES string of the molecule is CN(Cc1ccccc1Br)C1CCNC1.Cl. The molecule has 0 bridgehead atoms. The molecule has 0 saturated carbocycles. The van der Waals surface area contributed by atoms with Crippen LogP contribution in [0.4, 0.5) is 0 Å². The van der Waals surface area contributed by atoms with Crippen LogP contribution in [0.25, 0.3) is 0 Å². The second kappa shape index (κ2) is 6.60. The molecule has 1 fully saturated rings. The molecule has 16 heavy (non-hydrogen) atoms. The molecular weight excluding hydrogens is 288 g/mol. The van der Waals surface area contributed by atoms with Crippen LogP contribution in [0.5, 0.6) is 0 Å². The molecule has 1 atom stereocenters. The van der Waals surface area contributed by atoms with Gasteiger partial charge in [0.2, 0.25) is 0 Å². The highest BCUT2D eigenvalue weighted by Gasteiger charge is 2.19. The van der Waals surface area contributed by atoms with E-state index in [2.05, 4.69) is 57.5 Å². The predicted octanol–water partition coefficient (Wildman–Crippen LogP) is 2.66. The van der Waals surface area contributed by atoms with Gasteiger partial charge < -0.3 is 5.32 Å². The molecule has 0 amide bonds. The highest BCUT2D eigenvalue weighted by Crippen LogP contribution is 2.19. The van der Waals surface area contributed by atoms with Crippen molar-refractivity contribution in [2.45, 2.75) is 19.0 Å². The van der Waals surface area contributed by atoms with E-state index in [0.29, 0.717) is 6.04 Å². The molecule has 1 aliphatic heterocycles. The fraction of sp³-hybridized carbons (Fsp3) is 0.500. The van der Waals surface area contributed by atoms with Crippen molar-refractivity contribution in [3.63, 3.8) is 0 Å². The molecule has 1 saturated heterocycles. The van der Waals surface area contributed by atoms with Crippen LogP contribution in [0.15, 0.2) is 28.7 Å². The van der Waals surface area contributed by atoms with Crippen LogP contribution >= 0.6 is 28.3 Å². The minimum Gasteiger partial charge on any atom is -0.315 e. The third-order valence-corrected chi connectivity index (χ3v) is 3.81. The van der Waals surface area contributed by atoms with E-state index < -0.39 is 0 Å². The van der Waals surface area contributed by atoms with Gasteiger partial charge in [-0.15, -0.1) is 12.4 Å². The maximum absolute atomic E-state index is 3.59. The number of hydrogen-bond donors (Lipinski definition) is 1. The number of nitrogens with zero attached hydrogens (tertiary/aromatic N) is 1. The van der Waals surface area contributed by atoms with Gasteiger partial charge in [-0.05, 0) is 31.6 Å². The Morgan fingerprint density at radius 3 is 2.81 bits per heavy atom. The van der Waals surface area contributed by atoms with E-state index >= 15 is 0 Å². The third kappa shape index (κ3) is 3.45. The minimum absolute atomic E-state index is 0. The molecule has 0 spiro atoms. The summed E-state index contributed by atoms with van der Waals surface area (Å²) in [6.07, 6.45) is 1.26. The van der Waals surface area contributed by atoms with Crippen molar-refractivity contribution >= 4 is 28.3 Å². The Labute approximate surface area is 112 Å². The summed E-state index contributed by atoms with van der Waals surface area (Å²) in [6.45, 7) is 3.31. The zero-order valence-corrected chi connectivity index (χ0v) is 11.9. The van der Waals surface area contributed by atoms with E-state index in [4.69, 9.17) is 0 Å². The molecule has 1 aliphatic rings. The van der Waals surface area contributed by atoms with E-state index in [1.165, 1.54) is 16.5 Å². The zero-order chi connectivity index (χ0) is 10.7. The molecule has 1 unspecified atom stereocenters. The molecule has 90 valence electrons. The van der Waals surface area contributed by atoms with Gasteiger partial charge in [-0.3, -0.25) is 4.90 Å². The second-order valence-corrected chi connectivity index (χ2v) is 5.01. The Morgan fingerprint density at radius 1 is 1.44 bits per heavy atom. The first-order valence-corrected chi connectivity index (χ1v) is 6.21. The number of rotatable bonds is 3. The minimum atomic E-state index is 0. The van der Waals surface area contributed by atoms with Crippen LogP contribution < -0.4 is 5.32 Å². The Bertz CT molecular complexity index is 327. The summed E-state index contributed by atoms with van der Waals surface area (Å²) < 4.78 is 1.21. The summed E-state index contributed by atoms with van der Waals surface area (Å²) in [4.78, 5) is 2.43. The first-order valence-electron chi connectivity index (χ1n) is 5.42. The summed E-state index contributed by atoms with van der Waals surface area (Å²) in [5.41, 5.74) is 1.37. The zero-order valence-electron chi connectivity index (χ0n) is 9.45. The summed E-state index contributed by atoms with van der Waals surface area (Å²) in [6, 6.07) is 9.14. The van der Waals surface area contributed by atoms with Crippen molar-refractivity contribution < 1.29 is 0 Å². The number of hydrogen-bond acceptors (Lipinski definition) is 2. The van der Waals surface area contributed by atoms with Crippen molar-refractivity contribution in [2.24, 2.45) is 0 Å². The van der Waals surface area contributed by atoms with Gasteiger partial charge >= 0.3 is 0 Å². The third-order valence-electron chi connectivity index (χ3n) is 3.04. The van der Waals surface area contributed by atoms with E-state index in [9.17, 15) is 0 Å². The molecule has 2 rings (SSSR count). The predicted molar refractivity (Wildman–Crippen MR) is 74.1 cm³/mol. The van der Waals surface area contributed by atoms with Gasteiger partial charge in [-0.2, -0.15) is 0 Å². The lowest BCUT2D eigenvalue weighted by atomic mass is 10.1. The van der Waals surface area contributed by atoms with E-state index in [1.54, 1.807) is 0 Å². The van der Waals surface area contributed by atoms with Crippen LogP contribution in [0.3, 0.4) is 0 Å². The Balaban J connectivity index is 0.00000128. The number of benzene rings is 1. The highest BCUT2D eigenvalue weighted by atomic mass is 79.9. The van der Waals surface area contributed by atoms with Crippen molar-refractivity contribution in [3.8, 4) is 0 Å². The topological polar surface area (TPSA) is 15.3 Å². The average Bonchev–Trinajstić information content (AvgIpc) is 2.74. The van der Waals surface area contributed by atoms with Crippen LogP contribution in [0, 0.1) is 0 Å². The van der Waals surface area contributed by atoms with Crippen LogP contribution in [-0.2, 0) is 6.54 Å². The standard InChI is InChI=1S/C12H17BrN2.ClH/c1-15(11-6-7-14-8-11)9-10-4-2-3-5-12(10)13;/h2-5,11,14H,6-9H2,1H3;1H. The molecule has 0 radical (unpaired) electrons. The van der Waals surface area contributed by atoms with Gasteiger partial charge in [-0.25, -0.2) is 0 Å². The second-order valence-electron chi connectivity index (χ2n) is 4.15. The maximum atomic E-state index is 3.59. The number of halogens is 2. The molecule has 0 aromatic heterocycles. The number of likely N-dealkylation sites (N-methyl/N-ethyl adjacent to an activating group) is 1. The van der Waals surface area contributed by atoms with Crippen LogP contribution in [0.1, 0.15) is 12.0 Å². The number of nitrogens with one attached hydrogen (secondary N) is 1. The first-order chi connectivity index (χ1) is 7.27. The summed E-state index contributed by atoms with van der Waals surface area (Å²) >= 11 is 3.59. The Kier molecular flexibility index (Phi) is 5.76. The molecule has 1 heterocycles.